The van der Waals surface area contributed by atoms with Crippen molar-refractivity contribution in [3.8, 4) is 29.3 Å². The number of hydrogen-bond acceptors (Lipinski definition) is 7. The van der Waals surface area contributed by atoms with Crippen LogP contribution in [0.4, 0.5) is 0 Å². The summed E-state index contributed by atoms with van der Waals surface area (Å²) in [7, 11) is 0. The van der Waals surface area contributed by atoms with Crippen molar-refractivity contribution in [3.05, 3.63) is 64.2 Å². The summed E-state index contributed by atoms with van der Waals surface area (Å²) in [5.74, 6) is -2.70. The Morgan fingerprint density at radius 2 is 1.48 bits per heavy atom. The van der Waals surface area contributed by atoms with Crippen LogP contribution in [-0.4, -0.2) is 22.4 Å². The van der Waals surface area contributed by atoms with Crippen molar-refractivity contribution in [2.24, 2.45) is 10.9 Å². The van der Waals surface area contributed by atoms with Crippen LogP contribution < -0.4 is 0 Å². The van der Waals surface area contributed by atoms with Crippen LogP contribution >= 0.6 is 0 Å². The maximum Gasteiger partial charge on any atom is 0.234 e. The topological polar surface area (TPSA) is 138 Å². The lowest BCUT2D eigenvalue weighted by atomic mass is 9.69. The summed E-state index contributed by atoms with van der Waals surface area (Å²) in [5.41, 5.74) is -0.309. The van der Waals surface area contributed by atoms with Crippen molar-refractivity contribution in [1.82, 2.24) is 0 Å². The van der Waals surface area contributed by atoms with E-state index in [0.717, 1.165) is 0 Å². The van der Waals surface area contributed by atoms with Gasteiger partial charge >= 0.3 is 0 Å². The minimum absolute atomic E-state index is 0.0746. The zero-order chi connectivity index (χ0) is 20.5. The van der Waals surface area contributed by atoms with E-state index in [-0.39, 0.29) is 33.5 Å². The van der Waals surface area contributed by atoms with Gasteiger partial charge in [0, 0.05) is 33.4 Å². The summed E-state index contributed by atoms with van der Waals surface area (Å²) in [6.45, 7) is 0. The SMILES string of the molecule is N#CC1=C2c3cccc4c3-c3c(cccc3C2(O)N=C1C(C#N)C#N)C(=O)C4=O. The standard InChI is InChI=1S/C22H8N4O3/c23-7-10(8-24)19-14(9-25)18-11-3-1-4-12-16(11)17-13(21(28)20(12)27)5-2-6-15(17)22(18,29)26-19/h1-6,10,29H. The number of carbonyl (C=O) groups is 2. The lowest BCUT2D eigenvalue weighted by Crippen LogP contribution is -2.33. The number of Topliss-reactive ketones (excluding diaryl/α,β-unsaturated/α-hetero) is 2. The summed E-state index contributed by atoms with van der Waals surface area (Å²) in [5, 5.41) is 40.0. The quantitative estimate of drug-likeness (QED) is 0.758. The predicted octanol–water partition coefficient (Wildman–Crippen LogP) is 2.29. The van der Waals surface area contributed by atoms with Crippen LogP contribution in [0.2, 0.25) is 0 Å². The molecule has 2 aromatic carbocycles. The van der Waals surface area contributed by atoms with E-state index in [0.29, 0.717) is 16.7 Å². The molecule has 7 nitrogen and oxygen atoms in total. The molecule has 2 aliphatic carbocycles. The zero-order valence-electron chi connectivity index (χ0n) is 14.6. The minimum atomic E-state index is -2.04. The van der Waals surface area contributed by atoms with E-state index in [9.17, 15) is 30.5 Å². The number of nitriles is 3. The maximum absolute atomic E-state index is 12.6. The number of allylic oxidation sites excluding steroid dienone is 1. The average molecular weight is 376 g/mol. The molecule has 0 bridgehead atoms. The van der Waals surface area contributed by atoms with Gasteiger partial charge in [-0.15, -0.1) is 0 Å². The number of aliphatic imine (C=N–C) groups is 1. The summed E-state index contributed by atoms with van der Waals surface area (Å²) in [4.78, 5) is 29.5. The van der Waals surface area contributed by atoms with Gasteiger partial charge in [-0.05, 0) is 5.56 Å². The van der Waals surface area contributed by atoms with Crippen LogP contribution in [0.15, 0.2) is 47.0 Å². The Morgan fingerprint density at radius 1 is 0.897 bits per heavy atom. The third-order valence-electron chi connectivity index (χ3n) is 5.50. The van der Waals surface area contributed by atoms with Crippen LogP contribution in [0.5, 0.6) is 0 Å². The molecule has 0 aromatic heterocycles. The number of rotatable bonds is 1. The highest BCUT2D eigenvalue weighted by Crippen LogP contribution is 2.56. The highest BCUT2D eigenvalue weighted by molar-refractivity contribution is 6.53. The van der Waals surface area contributed by atoms with Gasteiger partial charge in [0.2, 0.25) is 17.3 Å². The van der Waals surface area contributed by atoms with Crippen LogP contribution in [-0.2, 0) is 5.72 Å². The van der Waals surface area contributed by atoms with Gasteiger partial charge in [0.15, 0.2) is 5.92 Å². The number of nitrogens with zero attached hydrogens (tertiary/aromatic N) is 4. The number of hydrogen-bond donors (Lipinski definition) is 1. The number of carbonyl (C=O) groups excluding carboxylic acids is 2. The van der Waals surface area contributed by atoms with Gasteiger partial charge in [0.1, 0.15) is 6.07 Å². The third kappa shape index (κ3) is 1.79. The van der Waals surface area contributed by atoms with E-state index in [1.54, 1.807) is 30.3 Å². The second-order valence-corrected chi connectivity index (χ2v) is 6.84. The molecule has 7 heteroatoms. The molecule has 0 saturated carbocycles. The first-order valence-corrected chi connectivity index (χ1v) is 8.60. The molecule has 3 aliphatic rings. The molecule has 1 heterocycles. The highest BCUT2D eigenvalue weighted by Gasteiger charge is 2.52. The van der Waals surface area contributed by atoms with E-state index in [1.165, 1.54) is 18.2 Å². The smallest absolute Gasteiger partial charge is 0.234 e. The Morgan fingerprint density at radius 3 is 2.10 bits per heavy atom. The van der Waals surface area contributed by atoms with Crippen LogP contribution in [0.1, 0.15) is 31.8 Å². The predicted molar refractivity (Wildman–Crippen MR) is 99.1 cm³/mol. The molecule has 134 valence electrons. The van der Waals surface area contributed by atoms with Crippen molar-refractivity contribution in [3.63, 3.8) is 0 Å². The fourth-order valence-electron chi connectivity index (χ4n) is 4.34. The fraction of sp³-hybridized carbons (Fsp3) is 0.0909. The molecule has 1 unspecified atom stereocenters. The average Bonchev–Trinajstić information content (AvgIpc) is 3.05. The molecule has 5 rings (SSSR count). The number of benzene rings is 2. The lowest BCUT2D eigenvalue weighted by Gasteiger charge is -2.36. The maximum atomic E-state index is 12.6. The van der Waals surface area contributed by atoms with Gasteiger partial charge in [0.25, 0.3) is 0 Å². The second kappa shape index (κ2) is 5.33. The number of ketones is 2. The van der Waals surface area contributed by atoms with E-state index < -0.39 is 23.2 Å². The minimum Gasteiger partial charge on any atom is -0.362 e. The van der Waals surface area contributed by atoms with Gasteiger partial charge in [0.05, 0.1) is 23.4 Å². The Balaban J connectivity index is 2.00. The first kappa shape index (κ1) is 16.8. The summed E-state index contributed by atoms with van der Waals surface area (Å²) in [6, 6.07) is 14.9. The Labute approximate surface area is 164 Å². The van der Waals surface area contributed by atoms with Crippen molar-refractivity contribution in [2.45, 2.75) is 5.72 Å². The summed E-state index contributed by atoms with van der Waals surface area (Å²) in [6.07, 6.45) is 0. The molecule has 0 radical (unpaired) electrons. The summed E-state index contributed by atoms with van der Waals surface area (Å²) >= 11 is 0. The molecule has 0 fully saturated rings. The Hall–Kier alpha value is -4.38. The molecule has 0 spiro atoms. The van der Waals surface area contributed by atoms with E-state index in [4.69, 9.17) is 0 Å². The van der Waals surface area contributed by atoms with Crippen LogP contribution in [0.3, 0.4) is 0 Å². The van der Waals surface area contributed by atoms with E-state index in [1.807, 2.05) is 6.07 Å². The second-order valence-electron chi connectivity index (χ2n) is 6.84. The molecule has 0 saturated heterocycles. The summed E-state index contributed by atoms with van der Waals surface area (Å²) < 4.78 is 0. The Kier molecular flexibility index (Phi) is 3.08. The molecule has 1 aliphatic heterocycles. The molecular weight excluding hydrogens is 368 g/mol. The van der Waals surface area contributed by atoms with Crippen molar-refractivity contribution < 1.29 is 14.7 Å². The van der Waals surface area contributed by atoms with Gasteiger partial charge in [-0.25, -0.2) is 4.99 Å². The lowest BCUT2D eigenvalue weighted by molar-refractivity contribution is 0.0813. The molecule has 1 atom stereocenters. The molecular formula is C22H8N4O3. The van der Waals surface area contributed by atoms with Crippen LogP contribution in [0.25, 0.3) is 16.7 Å². The molecule has 1 N–H and O–H groups in total. The number of aliphatic hydroxyl groups is 1. The van der Waals surface area contributed by atoms with Crippen molar-refractivity contribution >= 4 is 22.9 Å². The monoisotopic (exact) mass is 376 g/mol. The first-order chi connectivity index (χ1) is 14.0. The van der Waals surface area contributed by atoms with Gasteiger partial charge in [-0.2, -0.15) is 15.8 Å². The van der Waals surface area contributed by atoms with Crippen molar-refractivity contribution in [1.29, 1.82) is 15.8 Å². The largest absolute Gasteiger partial charge is 0.362 e. The Bertz CT molecular complexity index is 1380. The van der Waals surface area contributed by atoms with E-state index >= 15 is 0 Å². The van der Waals surface area contributed by atoms with Crippen LogP contribution in [0, 0.1) is 39.9 Å². The van der Waals surface area contributed by atoms with Gasteiger partial charge < -0.3 is 5.11 Å². The normalized spacial score (nSPS) is 20.4. The highest BCUT2D eigenvalue weighted by atomic mass is 16.3. The third-order valence-corrected chi connectivity index (χ3v) is 5.50. The molecule has 29 heavy (non-hydrogen) atoms. The fourth-order valence-corrected chi connectivity index (χ4v) is 4.34. The van der Waals surface area contributed by atoms with E-state index in [2.05, 4.69) is 4.99 Å². The molecule has 2 aromatic rings. The van der Waals surface area contributed by atoms with Crippen molar-refractivity contribution in [2.75, 3.05) is 0 Å². The van der Waals surface area contributed by atoms with Gasteiger partial charge in [-0.1, -0.05) is 36.4 Å². The number of fused-ring (bicyclic) bond motifs is 3. The molecule has 0 amide bonds. The first-order valence-electron chi connectivity index (χ1n) is 8.60. The zero-order valence-corrected chi connectivity index (χ0v) is 14.6. The van der Waals surface area contributed by atoms with Gasteiger partial charge in [-0.3, -0.25) is 9.59 Å².